The number of ether oxygens (including phenoxy) is 1. The molecule has 0 aliphatic rings. The summed E-state index contributed by atoms with van der Waals surface area (Å²) in [6.07, 6.45) is 0.335. The Labute approximate surface area is 211 Å². The Morgan fingerprint density at radius 3 is 1.61 bits per heavy atom. The molecule has 1 amide bonds. The van der Waals surface area contributed by atoms with Crippen molar-refractivity contribution in [3.63, 3.8) is 0 Å². The number of methoxy groups -OCH3 is 1. The number of carbonyl (C=O) groups is 2. The van der Waals surface area contributed by atoms with E-state index in [1.165, 1.54) is 7.11 Å². The highest BCUT2D eigenvalue weighted by atomic mass is 16.5. The third kappa shape index (κ3) is 5.47. The number of benzene rings is 4. The summed E-state index contributed by atoms with van der Waals surface area (Å²) in [6.45, 7) is 0. The maximum absolute atomic E-state index is 13.7. The SMILES string of the molecule is COC(=O)[C@H](Cc1ccc(O)cc1)NC(=O)CC(c1ccccc1)(c1ccccc1)c1ccccc1. The third-order valence-electron chi connectivity index (χ3n) is 6.42. The first-order valence-electron chi connectivity index (χ1n) is 11.8. The van der Waals surface area contributed by atoms with Gasteiger partial charge in [0.05, 0.1) is 12.5 Å². The monoisotopic (exact) mass is 479 g/mol. The maximum Gasteiger partial charge on any atom is 0.328 e. The lowest BCUT2D eigenvalue weighted by molar-refractivity contribution is -0.145. The Bertz CT molecular complexity index is 1180. The zero-order chi connectivity index (χ0) is 25.4. The molecule has 0 aliphatic heterocycles. The molecule has 0 heterocycles. The normalized spacial score (nSPS) is 11.9. The van der Waals surface area contributed by atoms with E-state index in [9.17, 15) is 14.7 Å². The lowest BCUT2D eigenvalue weighted by atomic mass is 9.67. The zero-order valence-electron chi connectivity index (χ0n) is 20.1. The molecule has 0 fully saturated rings. The number of amides is 1. The molecule has 2 N–H and O–H groups in total. The van der Waals surface area contributed by atoms with Crippen LogP contribution in [0.5, 0.6) is 5.75 Å². The van der Waals surface area contributed by atoms with Crippen molar-refractivity contribution < 1.29 is 19.4 Å². The van der Waals surface area contributed by atoms with E-state index in [1.54, 1.807) is 24.3 Å². The molecular weight excluding hydrogens is 450 g/mol. The Hall–Kier alpha value is -4.38. The highest BCUT2D eigenvalue weighted by Crippen LogP contribution is 2.42. The average molecular weight is 480 g/mol. The number of phenolic OH excluding ortho intramolecular Hbond substituents is 1. The molecule has 4 aromatic carbocycles. The van der Waals surface area contributed by atoms with Gasteiger partial charge in [-0.3, -0.25) is 4.79 Å². The predicted molar refractivity (Wildman–Crippen MR) is 140 cm³/mol. The molecule has 0 bridgehead atoms. The molecule has 5 nitrogen and oxygen atoms in total. The van der Waals surface area contributed by atoms with Crippen molar-refractivity contribution in [1.82, 2.24) is 5.32 Å². The van der Waals surface area contributed by atoms with Gasteiger partial charge in [-0.05, 0) is 34.4 Å². The van der Waals surface area contributed by atoms with E-state index in [-0.39, 0.29) is 24.5 Å². The first kappa shape index (κ1) is 24.7. The number of hydrogen-bond donors (Lipinski definition) is 2. The van der Waals surface area contributed by atoms with Crippen LogP contribution in [-0.4, -0.2) is 30.1 Å². The predicted octanol–water partition coefficient (Wildman–Crippen LogP) is 5.02. The molecule has 0 saturated carbocycles. The number of phenols is 1. The fourth-order valence-corrected chi connectivity index (χ4v) is 4.66. The summed E-state index contributed by atoms with van der Waals surface area (Å²) in [7, 11) is 1.31. The minimum atomic E-state index is -0.868. The molecule has 0 aromatic heterocycles. The van der Waals surface area contributed by atoms with Crippen LogP contribution in [0.3, 0.4) is 0 Å². The van der Waals surface area contributed by atoms with Gasteiger partial charge in [-0.1, -0.05) is 103 Å². The molecule has 0 spiro atoms. The zero-order valence-corrected chi connectivity index (χ0v) is 20.1. The molecular formula is C31H29NO4. The van der Waals surface area contributed by atoms with Gasteiger partial charge in [0.15, 0.2) is 0 Å². The van der Waals surface area contributed by atoms with Crippen molar-refractivity contribution in [2.45, 2.75) is 24.3 Å². The van der Waals surface area contributed by atoms with E-state index in [1.807, 2.05) is 91.0 Å². The second kappa shape index (κ2) is 11.4. The lowest BCUT2D eigenvalue weighted by Crippen LogP contribution is -2.46. The van der Waals surface area contributed by atoms with Gasteiger partial charge in [-0.15, -0.1) is 0 Å². The van der Waals surface area contributed by atoms with Gasteiger partial charge in [-0.2, -0.15) is 0 Å². The minimum absolute atomic E-state index is 0.0914. The second-order valence-corrected chi connectivity index (χ2v) is 8.69. The van der Waals surface area contributed by atoms with E-state index in [0.29, 0.717) is 0 Å². The van der Waals surface area contributed by atoms with Crippen LogP contribution in [0, 0.1) is 0 Å². The molecule has 0 unspecified atom stereocenters. The van der Waals surface area contributed by atoms with Crippen LogP contribution in [-0.2, 0) is 26.2 Å². The van der Waals surface area contributed by atoms with Gasteiger partial charge in [0.25, 0.3) is 0 Å². The molecule has 0 saturated heterocycles. The number of aromatic hydroxyl groups is 1. The fourth-order valence-electron chi connectivity index (χ4n) is 4.66. The van der Waals surface area contributed by atoms with Gasteiger partial charge in [0, 0.05) is 12.8 Å². The molecule has 4 aromatic rings. The van der Waals surface area contributed by atoms with Crippen molar-refractivity contribution in [1.29, 1.82) is 0 Å². The molecule has 4 rings (SSSR count). The lowest BCUT2D eigenvalue weighted by Gasteiger charge is -2.36. The van der Waals surface area contributed by atoms with E-state index < -0.39 is 17.4 Å². The van der Waals surface area contributed by atoms with Crippen molar-refractivity contribution in [2.75, 3.05) is 7.11 Å². The molecule has 1 atom stereocenters. The van der Waals surface area contributed by atoms with Crippen LogP contribution in [0.2, 0.25) is 0 Å². The summed E-state index contributed by atoms with van der Waals surface area (Å²) in [5.41, 5.74) is 2.96. The highest BCUT2D eigenvalue weighted by molar-refractivity contribution is 5.86. The number of carbonyl (C=O) groups excluding carboxylic acids is 2. The summed E-state index contributed by atoms with van der Waals surface area (Å²) >= 11 is 0. The van der Waals surface area contributed by atoms with Crippen molar-refractivity contribution >= 4 is 11.9 Å². The summed E-state index contributed by atoms with van der Waals surface area (Å²) in [5.74, 6) is -0.669. The van der Waals surface area contributed by atoms with Crippen LogP contribution in [0.25, 0.3) is 0 Å². The highest BCUT2D eigenvalue weighted by Gasteiger charge is 2.39. The Kier molecular flexibility index (Phi) is 7.81. The van der Waals surface area contributed by atoms with Crippen molar-refractivity contribution in [2.24, 2.45) is 0 Å². The first-order valence-corrected chi connectivity index (χ1v) is 11.8. The molecule has 5 heteroatoms. The van der Waals surface area contributed by atoms with Crippen molar-refractivity contribution in [3.05, 3.63) is 138 Å². The number of hydrogen-bond acceptors (Lipinski definition) is 4. The van der Waals surface area contributed by atoms with Crippen LogP contribution >= 0.6 is 0 Å². The summed E-state index contributed by atoms with van der Waals surface area (Å²) in [4.78, 5) is 26.3. The van der Waals surface area contributed by atoms with Gasteiger partial charge in [0.2, 0.25) is 5.91 Å². The third-order valence-corrected chi connectivity index (χ3v) is 6.42. The van der Waals surface area contributed by atoms with Crippen LogP contribution in [0.1, 0.15) is 28.7 Å². The first-order chi connectivity index (χ1) is 17.5. The van der Waals surface area contributed by atoms with Crippen molar-refractivity contribution in [3.8, 4) is 5.75 Å². The number of nitrogens with one attached hydrogen (secondary N) is 1. The fraction of sp³-hybridized carbons (Fsp3) is 0.161. The molecule has 0 aliphatic carbocycles. The van der Waals surface area contributed by atoms with Gasteiger partial charge < -0.3 is 15.2 Å². The standard InChI is InChI=1S/C31H29NO4/c1-36-30(35)28(21-23-17-19-27(33)20-18-23)32-29(34)22-31(24-11-5-2-6-12-24,25-13-7-3-8-14-25)26-15-9-4-10-16-26/h2-20,28,33H,21-22H2,1H3,(H,32,34)/t28-/m0/s1. The topological polar surface area (TPSA) is 75.6 Å². The quantitative estimate of drug-likeness (QED) is 0.261. The second-order valence-electron chi connectivity index (χ2n) is 8.69. The van der Waals surface area contributed by atoms with Crippen LogP contribution < -0.4 is 5.32 Å². The van der Waals surface area contributed by atoms with Gasteiger partial charge in [-0.25, -0.2) is 4.79 Å². The summed E-state index contributed by atoms with van der Waals surface area (Å²) in [5, 5.41) is 12.5. The Morgan fingerprint density at radius 2 is 1.19 bits per heavy atom. The maximum atomic E-state index is 13.7. The number of rotatable bonds is 9. The molecule has 0 radical (unpaired) electrons. The smallest absolute Gasteiger partial charge is 0.328 e. The summed E-state index contributed by atoms with van der Waals surface area (Å²) < 4.78 is 4.99. The largest absolute Gasteiger partial charge is 0.508 e. The minimum Gasteiger partial charge on any atom is -0.508 e. The molecule has 182 valence electrons. The summed E-state index contributed by atoms with van der Waals surface area (Å²) in [6, 6.07) is 35.5. The van der Waals surface area contributed by atoms with Gasteiger partial charge >= 0.3 is 5.97 Å². The van der Waals surface area contributed by atoms with Gasteiger partial charge in [0.1, 0.15) is 11.8 Å². The van der Waals surface area contributed by atoms with Crippen LogP contribution in [0.15, 0.2) is 115 Å². The average Bonchev–Trinajstić information content (AvgIpc) is 2.93. The Morgan fingerprint density at radius 1 is 0.750 bits per heavy atom. The number of esters is 1. The van der Waals surface area contributed by atoms with E-state index in [4.69, 9.17) is 4.74 Å². The van der Waals surface area contributed by atoms with E-state index in [0.717, 1.165) is 22.3 Å². The van der Waals surface area contributed by atoms with E-state index >= 15 is 0 Å². The Balaban J connectivity index is 1.73. The van der Waals surface area contributed by atoms with E-state index in [2.05, 4.69) is 5.32 Å². The molecule has 36 heavy (non-hydrogen) atoms. The van der Waals surface area contributed by atoms with Crippen LogP contribution in [0.4, 0.5) is 0 Å².